The van der Waals surface area contributed by atoms with Crippen LogP contribution in [0.2, 0.25) is 0 Å². The Morgan fingerprint density at radius 3 is 2.50 bits per heavy atom. The van der Waals surface area contributed by atoms with E-state index in [-0.39, 0.29) is 12.3 Å². The van der Waals surface area contributed by atoms with Crippen molar-refractivity contribution in [3.63, 3.8) is 0 Å². The largest absolute Gasteiger partial charge is 0.345 e. The topological polar surface area (TPSA) is 87.2 Å². The maximum atomic E-state index is 12.2. The van der Waals surface area contributed by atoms with Crippen LogP contribution in [0.5, 0.6) is 0 Å². The first-order chi connectivity index (χ1) is 12.4. The quantitative estimate of drug-likeness (QED) is 0.882. The van der Waals surface area contributed by atoms with Gasteiger partial charge in [-0.1, -0.05) is 26.0 Å². The Labute approximate surface area is 152 Å². The number of aromatic nitrogens is 2. The number of benzene rings is 1. The molecule has 1 aliphatic rings. The highest BCUT2D eigenvalue weighted by atomic mass is 16.2. The van der Waals surface area contributed by atoms with Gasteiger partial charge < -0.3 is 15.5 Å². The summed E-state index contributed by atoms with van der Waals surface area (Å²) in [7, 11) is 0. The van der Waals surface area contributed by atoms with Gasteiger partial charge in [0.1, 0.15) is 6.04 Å². The van der Waals surface area contributed by atoms with E-state index in [0.29, 0.717) is 24.0 Å². The number of rotatable bonds is 4. The molecule has 0 bridgehead atoms. The van der Waals surface area contributed by atoms with Gasteiger partial charge >= 0.3 is 6.03 Å². The fraction of sp³-hybridized carbons (Fsp3) is 0.368. The lowest BCUT2D eigenvalue weighted by Crippen LogP contribution is -2.43. The second kappa shape index (κ2) is 7.51. The van der Waals surface area contributed by atoms with Gasteiger partial charge in [0, 0.05) is 12.2 Å². The number of carbonyl (C=O) groups excluding carboxylic acids is 2. The average Bonchev–Trinajstić information content (AvgIpc) is 2.96. The third-order valence-electron chi connectivity index (χ3n) is 4.39. The van der Waals surface area contributed by atoms with Crippen molar-refractivity contribution in [1.82, 2.24) is 15.5 Å². The second-order valence-electron chi connectivity index (χ2n) is 6.81. The van der Waals surface area contributed by atoms with Gasteiger partial charge in [-0.3, -0.25) is 4.79 Å². The standard InChI is InChI=1S/C19H23N5O2/c1-12(2)14-5-7-15(8-6-14)20-19(26)21-16-10-24(11-17(16)25)18-9-4-13(3)22-23-18/h4-9,12,16H,10-11H2,1-3H3,(H2,20,21,26)/t16-/m0/s1. The molecule has 1 fully saturated rings. The molecule has 7 nitrogen and oxygen atoms in total. The van der Waals surface area contributed by atoms with Crippen molar-refractivity contribution in [2.45, 2.75) is 32.7 Å². The first-order valence-electron chi connectivity index (χ1n) is 8.68. The zero-order valence-corrected chi connectivity index (χ0v) is 15.2. The molecule has 1 aromatic heterocycles. The van der Waals surface area contributed by atoms with Crippen LogP contribution < -0.4 is 15.5 Å². The van der Waals surface area contributed by atoms with Gasteiger partial charge in [-0.05, 0) is 42.7 Å². The molecule has 3 rings (SSSR count). The van der Waals surface area contributed by atoms with Gasteiger partial charge in [0.25, 0.3) is 0 Å². The molecule has 26 heavy (non-hydrogen) atoms. The van der Waals surface area contributed by atoms with Crippen molar-refractivity contribution < 1.29 is 9.59 Å². The van der Waals surface area contributed by atoms with Crippen LogP contribution in [0.25, 0.3) is 0 Å². The van der Waals surface area contributed by atoms with Crippen molar-refractivity contribution in [3.05, 3.63) is 47.7 Å². The van der Waals surface area contributed by atoms with E-state index in [1.807, 2.05) is 48.2 Å². The molecule has 0 radical (unpaired) electrons. The van der Waals surface area contributed by atoms with Crippen molar-refractivity contribution in [1.29, 1.82) is 0 Å². The van der Waals surface area contributed by atoms with Gasteiger partial charge in [-0.25, -0.2) is 4.79 Å². The van der Waals surface area contributed by atoms with Crippen LogP contribution in [0.1, 0.15) is 31.0 Å². The first kappa shape index (κ1) is 17.8. The SMILES string of the molecule is Cc1ccc(N2CC(=O)[C@@H](NC(=O)Nc3ccc(C(C)C)cc3)C2)nn1. The number of Topliss-reactive ketones (excluding diaryl/α,β-unsaturated/α-hetero) is 1. The lowest BCUT2D eigenvalue weighted by molar-refractivity contribution is -0.117. The Bertz CT molecular complexity index is 787. The minimum Gasteiger partial charge on any atom is -0.345 e. The summed E-state index contributed by atoms with van der Waals surface area (Å²) < 4.78 is 0. The highest BCUT2D eigenvalue weighted by Gasteiger charge is 2.32. The molecule has 2 N–H and O–H groups in total. The summed E-state index contributed by atoms with van der Waals surface area (Å²) in [6.45, 7) is 6.69. The van der Waals surface area contributed by atoms with Gasteiger partial charge in [0.2, 0.25) is 0 Å². The van der Waals surface area contributed by atoms with Crippen LogP contribution >= 0.6 is 0 Å². The molecule has 136 valence electrons. The van der Waals surface area contributed by atoms with E-state index < -0.39 is 12.1 Å². The Kier molecular flexibility index (Phi) is 5.16. The van der Waals surface area contributed by atoms with E-state index in [2.05, 4.69) is 34.7 Å². The molecule has 2 amide bonds. The number of urea groups is 1. The van der Waals surface area contributed by atoms with Crippen LogP contribution in [-0.4, -0.2) is 41.1 Å². The zero-order chi connectivity index (χ0) is 18.7. The number of ketones is 1. The van der Waals surface area contributed by atoms with E-state index in [1.165, 1.54) is 5.56 Å². The summed E-state index contributed by atoms with van der Waals surface area (Å²) in [6, 6.07) is 10.4. The lowest BCUT2D eigenvalue weighted by Gasteiger charge is -2.16. The van der Waals surface area contributed by atoms with E-state index >= 15 is 0 Å². The minimum absolute atomic E-state index is 0.0438. The van der Waals surface area contributed by atoms with Crippen LogP contribution in [-0.2, 0) is 4.79 Å². The Morgan fingerprint density at radius 2 is 1.88 bits per heavy atom. The first-order valence-corrected chi connectivity index (χ1v) is 8.68. The smallest absolute Gasteiger partial charge is 0.319 e. The number of nitrogens with zero attached hydrogens (tertiary/aromatic N) is 3. The highest BCUT2D eigenvalue weighted by Crippen LogP contribution is 2.18. The summed E-state index contributed by atoms with van der Waals surface area (Å²) in [5.74, 6) is 1.03. The molecule has 0 aliphatic carbocycles. The van der Waals surface area contributed by atoms with Crippen molar-refractivity contribution in [3.8, 4) is 0 Å². The molecule has 7 heteroatoms. The summed E-state index contributed by atoms with van der Waals surface area (Å²) in [5, 5.41) is 13.6. The van der Waals surface area contributed by atoms with Gasteiger partial charge in [0.05, 0.1) is 12.2 Å². The maximum absolute atomic E-state index is 12.2. The van der Waals surface area contributed by atoms with Crippen molar-refractivity contribution in [2.75, 3.05) is 23.3 Å². The predicted molar refractivity (Wildman–Crippen MR) is 100 cm³/mol. The number of anilines is 2. The van der Waals surface area contributed by atoms with Crippen molar-refractivity contribution in [2.24, 2.45) is 0 Å². The number of hydrogen-bond donors (Lipinski definition) is 2. The molecular formula is C19H23N5O2. The molecule has 0 saturated carbocycles. The number of amides is 2. The van der Waals surface area contributed by atoms with Crippen molar-refractivity contribution >= 4 is 23.3 Å². The molecule has 0 spiro atoms. The average molecular weight is 353 g/mol. The van der Waals surface area contributed by atoms with Crippen LogP contribution in [0, 0.1) is 6.92 Å². The van der Waals surface area contributed by atoms with Gasteiger partial charge in [-0.15, -0.1) is 5.10 Å². The normalized spacial score (nSPS) is 16.8. The van der Waals surface area contributed by atoms with Gasteiger partial charge in [0.15, 0.2) is 11.6 Å². The van der Waals surface area contributed by atoms with Crippen LogP contribution in [0.15, 0.2) is 36.4 Å². The predicted octanol–water partition coefficient (Wildman–Crippen LogP) is 2.49. The molecular weight excluding hydrogens is 330 g/mol. The molecule has 0 unspecified atom stereocenters. The molecule has 1 aliphatic heterocycles. The maximum Gasteiger partial charge on any atom is 0.319 e. The fourth-order valence-corrected chi connectivity index (χ4v) is 2.82. The Hall–Kier alpha value is -2.96. The van der Waals surface area contributed by atoms with Crippen LogP contribution in [0.4, 0.5) is 16.3 Å². The van der Waals surface area contributed by atoms with E-state index in [0.717, 1.165) is 5.69 Å². The third-order valence-corrected chi connectivity index (χ3v) is 4.39. The number of nitrogens with one attached hydrogen (secondary N) is 2. The minimum atomic E-state index is -0.562. The van der Waals surface area contributed by atoms with E-state index in [4.69, 9.17) is 0 Å². The zero-order valence-electron chi connectivity index (χ0n) is 15.2. The molecule has 2 aromatic rings. The van der Waals surface area contributed by atoms with E-state index in [1.54, 1.807) is 0 Å². The summed E-state index contributed by atoms with van der Waals surface area (Å²) >= 11 is 0. The highest BCUT2D eigenvalue weighted by molar-refractivity contribution is 5.98. The van der Waals surface area contributed by atoms with E-state index in [9.17, 15) is 9.59 Å². The second-order valence-corrected chi connectivity index (χ2v) is 6.81. The third kappa shape index (κ3) is 4.17. The molecule has 2 heterocycles. The summed E-state index contributed by atoms with van der Waals surface area (Å²) in [4.78, 5) is 26.2. The summed E-state index contributed by atoms with van der Waals surface area (Å²) in [6.07, 6.45) is 0. The number of hydrogen-bond acceptors (Lipinski definition) is 5. The number of carbonyl (C=O) groups is 2. The van der Waals surface area contributed by atoms with Crippen LogP contribution in [0.3, 0.4) is 0 Å². The fourth-order valence-electron chi connectivity index (χ4n) is 2.82. The molecule has 1 saturated heterocycles. The monoisotopic (exact) mass is 353 g/mol. The summed E-state index contributed by atoms with van der Waals surface area (Å²) in [5.41, 5.74) is 2.71. The molecule has 1 atom stereocenters. The Balaban J connectivity index is 1.57. The number of aryl methyl sites for hydroxylation is 1. The lowest BCUT2D eigenvalue weighted by atomic mass is 10.0. The van der Waals surface area contributed by atoms with Gasteiger partial charge in [-0.2, -0.15) is 5.10 Å². The molecule has 1 aromatic carbocycles. The Morgan fingerprint density at radius 1 is 1.15 bits per heavy atom.